The predicted octanol–water partition coefficient (Wildman–Crippen LogP) is 3.03. The molecule has 6 heteroatoms. The van der Waals surface area contributed by atoms with Gasteiger partial charge >= 0.3 is 0 Å². The molecular formula is C21H23FN2O3. The zero-order valence-electron chi connectivity index (χ0n) is 15.1. The van der Waals surface area contributed by atoms with Crippen LogP contribution in [-0.2, 0) is 6.54 Å². The molecule has 1 saturated heterocycles. The van der Waals surface area contributed by atoms with E-state index >= 15 is 0 Å². The molecular weight excluding hydrogens is 347 g/mol. The topological polar surface area (TPSA) is 61.8 Å². The van der Waals surface area contributed by atoms with Crippen LogP contribution in [0.4, 0.5) is 4.39 Å². The predicted molar refractivity (Wildman–Crippen MR) is 99.6 cm³/mol. The van der Waals surface area contributed by atoms with E-state index in [1.54, 1.807) is 17.0 Å². The normalized spacial score (nSPS) is 19.7. The first-order chi connectivity index (χ1) is 13.1. The van der Waals surface area contributed by atoms with E-state index < -0.39 is 5.82 Å². The third-order valence-corrected chi connectivity index (χ3v) is 5.36. The molecule has 1 unspecified atom stereocenters. The van der Waals surface area contributed by atoms with E-state index in [0.29, 0.717) is 37.4 Å². The fourth-order valence-electron chi connectivity index (χ4n) is 3.97. The summed E-state index contributed by atoms with van der Waals surface area (Å²) >= 11 is 0. The number of ether oxygens (including phenoxy) is 1. The van der Waals surface area contributed by atoms with Crippen LogP contribution in [-0.4, -0.2) is 42.2 Å². The van der Waals surface area contributed by atoms with E-state index in [9.17, 15) is 14.3 Å². The van der Waals surface area contributed by atoms with Crippen LogP contribution in [0.15, 0.2) is 36.4 Å². The lowest BCUT2D eigenvalue weighted by Gasteiger charge is -2.33. The summed E-state index contributed by atoms with van der Waals surface area (Å²) in [6, 6.07) is 10.2. The van der Waals surface area contributed by atoms with Gasteiger partial charge in [0.15, 0.2) is 11.6 Å². The van der Waals surface area contributed by atoms with Crippen molar-refractivity contribution in [2.45, 2.75) is 25.3 Å². The lowest BCUT2D eigenvalue weighted by atomic mass is 9.89. The van der Waals surface area contributed by atoms with Gasteiger partial charge in [0.1, 0.15) is 12.4 Å². The third-order valence-electron chi connectivity index (χ3n) is 5.36. The van der Waals surface area contributed by atoms with Gasteiger partial charge in [-0.05, 0) is 36.6 Å². The lowest BCUT2D eigenvalue weighted by molar-refractivity contribution is 0.0704. The number of hydrogen-bond donors (Lipinski definition) is 2. The number of likely N-dealkylation sites (tertiary alicyclic amines) is 1. The number of aromatic hydroxyl groups is 1. The quantitative estimate of drug-likeness (QED) is 0.853. The van der Waals surface area contributed by atoms with Crippen LogP contribution in [0.1, 0.15) is 40.2 Å². The second-order valence-electron chi connectivity index (χ2n) is 7.08. The number of fused-ring (bicyclic) bond motifs is 1. The molecule has 2 aliphatic heterocycles. The van der Waals surface area contributed by atoms with Gasteiger partial charge in [0.2, 0.25) is 0 Å². The Morgan fingerprint density at radius 3 is 3.00 bits per heavy atom. The average Bonchev–Trinajstić information content (AvgIpc) is 2.95. The first kappa shape index (κ1) is 17.8. The Hall–Kier alpha value is -2.60. The first-order valence-electron chi connectivity index (χ1n) is 9.37. The Labute approximate surface area is 157 Å². The molecule has 2 N–H and O–H groups in total. The van der Waals surface area contributed by atoms with Crippen molar-refractivity contribution in [3.8, 4) is 11.5 Å². The average molecular weight is 370 g/mol. The molecule has 0 radical (unpaired) electrons. The van der Waals surface area contributed by atoms with Crippen molar-refractivity contribution in [3.63, 3.8) is 0 Å². The Kier molecular flexibility index (Phi) is 4.99. The van der Waals surface area contributed by atoms with Gasteiger partial charge in [0.25, 0.3) is 5.91 Å². The van der Waals surface area contributed by atoms with Crippen LogP contribution in [0.5, 0.6) is 11.5 Å². The molecule has 0 bridgehead atoms. The Bertz CT molecular complexity index is 855. The van der Waals surface area contributed by atoms with Gasteiger partial charge in [-0.1, -0.05) is 18.2 Å². The highest BCUT2D eigenvalue weighted by atomic mass is 19.1. The van der Waals surface area contributed by atoms with Crippen molar-refractivity contribution in [3.05, 3.63) is 58.9 Å². The Morgan fingerprint density at radius 1 is 1.26 bits per heavy atom. The summed E-state index contributed by atoms with van der Waals surface area (Å²) in [5.74, 6) is -0.343. The number of carbonyl (C=O) groups is 1. The van der Waals surface area contributed by atoms with Crippen LogP contribution < -0.4 is 10.1 Å². The second-order valence-corrected chi connectivity index (χ2v) is 7.08. The molecule has 1 atom stereocenters. The zero-order chi connectivity index (χ0) is 18.8. The standard InChI is InChI=1S/C21H23FN2O3/c22-20-15(5-1-7-18(20)25)14-4-3-10-24(13-14)21(26)16-6-2-8-19-17(16)12-23-9-11-27-19/h1-2,5-8,14,23,25H,3-4,9-13H2. The Morgan fingerprint density at radius 2 is 2.11 bits per heavy atom. The fraction of sp³-hybridized carbons (Fsp3) is 0.381. The molecule has 5 nitrogen and oxygen atoms in total. The third kappa shape index (κ3) is 3.49. The number of rotatable bonds is 2. The highest BCUT2D eigenvalue weighted by Gasteiger charge is 2.29. The van der Waals surface area contributed by atoms with Gasteiger partial charge in [-0.15, -0.1) is 0 Å². The lowest BCUT2D eigenvalue weighted by Crippen LogP contribution is -2.39. The molecule has 27 heavy (non-hydrogen) atoms. The number of phenols is 1. The minimum Gasteiger partial charge on any atom is -0.505 e. The van der Waals surface area contributed by atoms with E-state index in [2.05, 4.69) is 5.32 Å². The minimum atomic E-state index is -0.581. The van der Waals surface area contributed by atoms with Crippen LogP contribution >= 0.6 is 0 Å². The molecule has 0 aromatic heterocycles. The van der Waals surface area contributed by atoms with Crippen LogP contribution in [0.3, 0.4) is 0 Å². The van der Waals surface area contributed by atoms with Crippen molar-refractivity contribution in [1.29, 1.82) is 0 Å². The number of carbonyl (C=O) groups excluding carboxylic acids is 1. The number of phenolic OH excluding ortho intramolecular Hbond substituents is 1. The number of nitrogens with one attached hydrogen (secondary N) is 1. The maximum atomic E-state index is 14.3. The van der Waals surface area contributed by atoms with E-state index in [4.69, 9.17) is 4.74 Å². The van der Waals surface area contributed by atoms with Crippen molar-refractivity contribution < 1.29 is 19.0 Å². The van der Waals surface area contributed by atoms with Crippen molar-refractivity contribution >= 4 is 5.91 Å². The largest absolute Gasteiger partial charge is 0.505 e. The van der Waals surface area contributed by atoms with E-state index in [1.165, 1.54) is 6.07 Å². The highest BCUT2D eigenvalue weighted by Crippen LogP contribution is 2.33. The van der Waals surface area contributed by atoms with Crippen molar-refractivity contribution in [2.24, 2.45) is 0 Å². The SMILES string of the molecule is O=C(c1cccc2c1CNCCO2)N1CCCC(c2cccc(O)c2F)C1. The molecule has 142 valence electrons. The van der Waals surface area contributed by atoms with Gasteiger partial charge in [-0.3, -0.25) is 4.79 Å². The molecule has 2 aromatic rings. The smallest absolute Gasteiger partial charge is 0.254 e. The molecule has 4 rings (SSSR count). The molecule has 1 amide bonds. The second kappa shape index (κ2) is 7.56. The molecule has 0 saturated carbocycles. The number of amides is 1. The minimum absolute atomic E-state index is 0.0515. The summed E-state index contributed by atoms with van der Waals surface area (Å²) in [5, 5.41) is 12.9. The van der Waals surface area contributed by atoms with E-state index in [1.807, 2.05) is 18.2 Å². The van der Waals surface area contributed by atoms with Gasteiger partial charge in [0.05, 0.1) is 0 Å². The summed E-state index contributed by atoms with van der Waals surface area (Å²) in [4.78, 5) is 15.0. The summed E-state index contributed by atoms with van der Waals surface area (Å²) in [5.41, 5.74) is 1.99. The number of nitrogens with zero attached hydrogens (tertiary/aromatic N) is 1. The van der Waals surface area contributed by atoms with Gasteiger partial charge in [-0.25, -0.2) is 4.39 Å². The number of hydrogen-bond acceptors (Lipinski definition) is 4. The van der Waals surface area contributed by atoms with Gasteiger partial charge in [-0.2, -0.15) is 0 Å². The zero-order valence-corrected chi connectivity index (χ0v) is 15.1. The maximum absolute atomic E-state index is 14.3. The maximum Gasteiger partial charge on any atom is 0.254 e. The van der Waals surface area contributed by atoms with Gasteiger partial charge < -0.3 is 20.1 Å². The van der Waals surface area contributed by atoms with Crippen LogP contribution in [0, 0.1) is 5.82 Å². The summed E-state index contributed by atoms with van der Waals surface area (Å²) in [7, 11) is 0. The van der Waals surface area contributed by atoms with Crippen LogP contribution in [0.2, 0.25) is 0 Å². The van der Waals surface area contributed by atoms with Crippen molar-refractivity contribution in [2.75, 3.05) is 26.2 Å². The Balaban J connectivity index is 1.59. The number of piperidine rings is 1. The van der Waals surface area contributed by atoms with E-state index in [-0.39, 0.29) is 17.6 Å². The monoisotopic (exact) mass is 370 g/mol. The van der Waals surface area contributed by atoms with Gasteiger partial charge in [0, 0.05) is 43.2 Å². The number of benzene rings is 2. The van der Waals surface area contributed by atoms with E-state index in [0.717, 1.165) is 30.7 Å². The molecule has 0 spiro atoms. The molecule has 2 aliphatic rings. The van der Waals surface area contributed by atoms with Crippen molar-refractivity contribution in [1.82, 2.24) is 10.2 Å². The molecule has 0 aliphatic carbocycles. The molecule has 2 aromatic carbocycles. The summed E-state index contributed by atoms with van der Waals surface area (Å²) in [6.07, 6.45) is 1.59. The highest BCUT2D eigenvalue weighted by molar-refractivity contribution is 5.96. The fourth-order valence-corrected chi connectivity index (χ4v) is 3.97. The number of halogens is 1. The molecule has 1 fully saturated rings. The summed E-state index contributed by atoms with van der Waals surface area (Å²) < 4.78 is 20.1. The first-order valence-corrected chi connectivity index (χ1v) is 9.37. The molecule has 2 heterocycles. The van der Waals surface area contributed by atoms with Crippen LogP contribution in [0.25, 0.3) is 0 Å². The summed E-state index contributed by atoms with van der Waals surface area (Å²) in [6.45, 7) is 3.00.